The lowest BCUT2D eigenvalue weighted by Gasteiger charge is -2.22. The van der Waals surface area contributed by atoms with Crippen LogP contribution in [0.1, 0.15) is 25.0 Å². The molecule has 0 radical (unpaired) electrons. The van der Waals surface area contributed by atoms with Crippen LogP contribution in [0.3, 0.4) is 0 Å². The van der Waals surface area contributed by atoms with Gasteiger partial charge in [-0.2, -0.15) is 0 Å². The second-order valence-electron chi connectivity index (χ2n) is 14.5. The van der Waals surface area contributed by atoms with Crippen LogP contribution in [0.2, 0.25) is 0 Å². The zero-order valence-corrected chi connectivity index (χ0v) is 28.8. The van der Waals surface area contributed by atoms with Crippen molar-refractivity contribution in [2.75, 3.05) is 0 Å². The molecule has 10 rings (SSSR count). The standard InChI is InChI=1S/C51H36/c1-51(2)49-20-12-11-19-43(49)44-26-22-38(32-50(44)51)37-21-24-41-40(27-37)31-46(34-15-7-4-8-16-34)48-30-39(23-25-42(41)48)47-29-36-18-10-9-17-35(36)28-45(47)33-13-5-3-6-14-33/h3-32H,1-2H3. The molecule has 0 saturated carbocycles. The molecule has 9 aromatic rings. The van der Waals surface area contributed by atoms with E-state index in [0.29, 0.717) is 0 Å². The van der Waals surface area contributed by atoms with Crippen LogP contribution in [0.5, 0.6) is 0 Å². The van der Waals surface area contributed by atoms with Crippen molar-refractivity contribution in [3.8, 4) is 55.6 Å². The van der Waals surface area contributed by atoms with E-state index >= 15 is 0 Å². The molecule has 0 N–H and O–H groups in total. The zero-order valence-electron chi connectivity index (χ0n) is 28.8. The molecule has 0 spiro atoms. The average Bonchev–Trinajstić information content (AvgIpc) is 3.42. The molecule has 0 aliphatic heterocycles. The first kappa shape index (κ1) is 29.7. The maximum atomic E-state index is 2.43. The lowest BCUT2D eigenvalue weighted by molar-refractivity contribution is 0.660. The van der Waals surface area contributed by atoms with Gasteiger partial charge >= 0.3 is 0 Å². The number of fused-ring (bicyclic) bond motifs is 7. The van der Waals surface area contributed by atoms with E-state index in [9.17, 15) is 0 Å². The highest BCUT2D eigenvalue weighted by Gasteiger charge is 2.35. The Hall–Kier alpha value is -6.24. The average molecular weight is 649 g/mol. The summed E-state index contributed by atoms with van der Waals surface area (Å²) in [5.74, 6) is 0. The van der Waals surface area contributed by atoms with Crippen LogP contribution in [-0.2, 0) is 5.41 Å². The lowest BCUT2D eigenvalue weighted by Crippen LogP contribution is -2.14. The van der Waals surface area contributed by atoms with Crippen molar-refractivity contribution in [3.63, 3.8) is 0 Å². The number of hydrogen-bond acceptors (Lipinski definition) is 0. The summed E-state index contributed by atoms with van der Waals surface area (Å²) in [5.41, 5.74) is 15.4. The summed E-state index contributed by atoms with van der Waals surface area (Å²) < 4.78 is 0. The smallest absolute Gasteiger partial charge is 0.0159 e. The maximum absolute atomic E-state index is 2.43. The lowest BCUT2D eigenvalue weighted by atomic mass is 9.81. The van der Waals surface area contributed by atoms with Crippen molar-refractivity contribution < 1.29 is 0 Å². The van der Waals surface area contributed by atoms with Crippen LogP contribution in [0.4, 0.5) is 0 Å². The summed E-state index contributed by atoms with van der Waals surface area (Å²) in [5, 5.41) is 7.57. The van der Waals surface area contributed by atoms with Gasteiger partial charge in [0.1, 0.15) is 0 Å². The monoisotopic (exact) mass is 648 g/mol. The summed E-state index contributed by atoms with van der Waals surface area (Å²) in [6, 6.07) is 67.5. The first-order valence-electron chi connectivity index (χ1n) is 17.9. The van der Waals surface area contributed by atoms with Gasteiger partial charge in [0, 0.05) is 5.41 Å². The van der Waals surface area contributed by atoms with Crippen LogP contribution in [0.15, 0.2) is 182 Å². The van der Waals surface area contributed by atoms with Crippen LogP contribution in [0, 0.1) is 0 Å². The Labute approximate surface area is 299 Å². The summed E-state index contributed by atoms with van der Waals surface area (Å²) in [4.78, 5) is 0. The molecular formula is C51H36. The van der Waals surface area contributed by atoms with Gasteiger partial charge in [-0.1, -0.05) is 159 Å². The highest BCUT2D eigenvalue weighted by Crippen LogP contribution is 2.50. The van der Waals surface area contributed by atoms with Gasteiger partial charge in [-0.3, -0.25) is 0 Å². The third kappa shape index (κ3) is 4.75. The van der Waals surface area contributed by atoms with Crippen molar-refractivity contribution in [2.45, 2.75) is 19.3 Å². The molecule has 51 heavy (non-hydrogen) atoms. The topological polar surface area (TPSA) is 0 Å². The molecule has 0 aromatic heterocycles. The number of hydrogen-bond donors (Lipinski definition) is 0. The Kier molecular flexibility index (Phi) is 6.63. The molecule has 240 valence electrons. The summed E-state index contributed by atoms with van der Waals surface area (Å²) in [6.07, 6.45) is 0. The van der Waals surface area contributed by atoms with E-state index in [1.165, 1.54) is 99.1 Å². The molecule has 1 aliphatic rings. The van der Waals surface area contributed by atoms with E-state index in [4.69, 9.17) is 0 Å². The molecule has 9 aromatic carbocycles. The number of rotatable bonds is 4. The van der Waals surface area contributed by atoms with Crippen LogP contribution < -0.4 is 0 Å². The van der Waals surface area contributed by atoms with Crippen LogP contribution in [-0.4, -0.2) is 0 Å². The summed E-state index contributed by atoms with van der Waals surface area (Å²) >= 11 is 0. The van der Waals surface area contributed by atoms with E-state index in [1.807, 2.05) is 0 Å². The van der Waals surface area contributed by atoms with Gasteiger partial charge in [-0.05, 0) is 135 Å². The van der Waals surface area contributed by atoms with Gasteiger partial charge in [0.2, 0.25) is 0 Å². The molecule has 0 saturated heterocycles. The van der Waals surface area contributed by atoms with Gasteiger partial charge in [-0.25, -0.2) is 0 Å². The van der Waals surface area contributed by atoms with Gasteiger partial charge in [-0.15, -0.1) is 0 Å². The van der Waals surface area contributed by atoms with Crippen molar-refractivity contribution in [3.05, 3.63) is 193 Å². The normalized spacial score (nSPS) is 13.1. The van der Waals surface area contributed by atoms with E-state index in [2.05, 4.69) is 196 Å². The third-order valence-electron chi connectivity index (χ3n) is 11.2. The molecule has 0 heterocycles. The fourth-order valence-electron chi connectivity index (χ4n) is 8.59. The van der Waals surface area contributed by atoms with Crippen molar-refractivity contribution in [2.24, 2.45) is 0 Å². The van der Waals surface area contributed by atoms with Crippen LogP contribution in [0.25, 0.3) is 88.0 Å². The van der Waals surface area contributed by atoms with Gasteiger partial charge < -0.3 is 0 Å². The molecule has 0 unspecified atom stereocenters. The Morgan fingerprint density at radius 2 is 0.804 bits per heavy atom. The minimum Gasteiger partial charge on any atom is -0.0622 e. The first-order valence-corrected chi connectivity index (χ1v) is 17.9. The van der Waals surface area contributed by atoms with Gasteiger partial charge in [0.05, 0.1) is 0 Å². The molecule has 0 bridgehead atoms. The van der Waals surface area contributed by atoms with E-state index in [1.54, 1.807) is 0 Å². The molecule has 0 amide bonds. The predicted octanol–water partition coefficient (Wildman–Crippen LogP) is 14.1. The van der Waals surface area contributed by atoms with E-state index in [0.717, 1.165) is 0 Å². The SMILES string of the molecule is CC1(C)c2ccccc2-c2ccc(-c3ccc4c(c3)cc(-c3ccccc3)c3cc(-c5cc6ccccc6cc5-c5ccccc5)ccc34)cc21. The highest BCUT2D eigenvalue weighted by atomic mass is 14.4. The maximum Gasteiger partial charge on any atom is 0.0159 e. The highest BCUT2D eigenvalue weighted by molar-refractivity contribution is 6.15. The van der Waals surface area contributed by atoms with Crippen LogP contribution >= 0.6 is 0 Å². The minimum absolute atomic E-state index is 0.0292. The Morgan fingerprint density at radius 3 is 1.55 bits per heavy atom. The largest absolute Gasteiger partial charge is 0.0622 e. The number of benzene rings is 9. The Morgan fingerprint density at radius 1 is 0.275 bits per heavy atom. The minimum atomic E-state index is -0.0292. The molecule has 0 nitrogen and oxygen atoms in total. The zero-order chi connectivity index (χ0) is 34.1. The molecule has 1 aliphatic carbocycles. The predicted molar refractivity (Wildman–Crippen MR) is 218 cm³/mol. The Bertz CT molecular complexity index is 2800. The second-order valence-corrected chi connectivity index (χ2v) is 14.5. The van der Waals surface area contributed by atoms with Gasteiger partial charge in [0.15, 0.2) is 0 Å². The fourth-order valence-corrected chi connectivity index (χ4v) is 8.59. The first-order chi connectivity index (χ1) is 25.0. The molecule has 0 heteroatoms. The van der Waals surface area contributed by atoms with Crippen molar-refractivity contribution in [1.82, 2.24) is 0 Å². The quantitative estimate of drug-likeness (QED) is 0.167. The summed E-state index contributed by atoms with van der Waals surface area (Å²) in [6.45, 7) is 4.71. The fraction of sp³-hybridized carbons (Fsp3) is 0.0588. The Balaban J connectivity index is 1.16. The second kappa shape index (κ2) is 11.4. The van der Waals surface area contributed by atoms with E-state index in [-0.39, 0.29) is 5.41 Å². The van der Waals surface area contributed by atoms with E-state index < -0.39 is 0 Å². The van der Waals surface area contributed by atoms with Crippen molar-refractivity contribution >= 4 is 32.3 Å². The molecule has 0 atom stereocenters. The molecular weight excluding hydrogens is 613 g/mol. The van der Waals surface area contributed by atoms with Crippen molar-refractivity contribution in [1.29, 1.82) is 0 Å². The summed E-state index contributed by atoms with van der Waals surface area (Å²) in [7, 11) is 0. The van der Waals surface area contributed by atoms with Gasteiger partial charge in [0.25, 0.3) is 0 Å². The molecule has 0 fully saturated rings. The third-order valence-corrected chi connectivity index (χ3v) is 11.2.